The van der Waals surface area contributed by atoms with E-state index in [1.807, 2.05) is 0 Å². The summed E-state index contributed by atoms with van der Waals surface area (Å²) in [5.41, 5.74) is 6.83. The molecule has 0 fully saturated rings. The summed E-state index contributed by atoms with van der Waals surface area (Å²) in [6.45, 7) is 40.7. The molecule has 0 heterocycles. The van der Waals surface area contributed by atoms with Gasteiger partial charge in [-0.25, -0.2) is 0 Å². The summed E-state index contributed by atoms with van der Waals surface area (Å²) >= 11 is 0. The highest BCUT2D eigenvalue weighted by Crippen LogP contribution is 2.52. The summed E-state index contributed by atoms with van der Waals surface area (Å²) in [5, 5.41) is 0. The van der Waals surface area contributed by atoms with E-state index in [0.29, 0.717) is 0 Å². The fraction of sp³-hybridized carbons (Fsp3) is 0.676. The van der Waals surface area contributed by atoms with Gasteiger partial charge in [-0.15, -0.1) is 0 Å². The van der Waals surface area contributed by atoms with Crippen LogP contribution in [-0.4, -0.2) is 7.11 Å². The zero-order valence-corrected chi connectivity index (χ0v) is 30.9. The maximum absolute atomic E-state index is 6.90. The second-order valence-electron chi connectivity index (χ2n) is 17.9. The van der Waals surface area contributed by atoms with Crippen LogP contribution in [0.5, 0.6) is 11.5 Å². The lowest BCUT2D eigenvalue weighted by Gasteiger charge is -2.35. The molecule has 2 aromatic carbocycles. The van der Waals surface area contributed by atoms with Crippen molar-refractivity contribution in [2.75, 3.05) is 7.11 Å². The first kappa shape index (κ1) is 35.6. The molecular formula is C37H61O3P. The largest absolute Gasteiger partial charge is 0.462 e. The van der Waals surface area contributed by atoms with E-state index < -0.39 is 8.60 Å². The zero-order chi connectivity index (χ0) is 32.1. The second kappa shape index (κ2) is 11.5. The van der Waals surface area contributed by atoms with E-state index in [4.69, 9.17) is 13.6 Å². The molecule has 0 bridgehead atoms. The highest BCUT2D eigenvalue weighted by atomic mass is 31.2. The van der Waals surface area contributed by atoms with Crippen molar-refractivity contribution in [3.63, 3.8) is 0 Å². The molecule has 0 aliphatic rings. The van der Waals surface area contributed by atoms with Gasteiger partial charge in [0.1, 0.15) is 11.5 Å². The Morgan fingerprint density at radius 2 is 0.610 bits per heavy atom. The van der Waals surface area contributed by atoms with Gasteiger partial charge in [0.2, 0.25) is 0 Å². The third-order valence-corrected chi connectivity index (χ3v) is 8.58. The molecule has 3 nitrogen and oxygen atoms in total. The number of hydrogen-bond acceptors (Lipinski definition) is 3. The van der Waals surface area contributed by atoms with Gasteiger partial charge >= 0.3 is 8.60 Å². The van der Waals surface area contributed by atoms with Gasteiger partial charge in [-0.3, -0.25) is 4.52 Å². The molecule has 0 spiro atoms. The number of hydrogen-bond donors (Lipinski definition) is 0. The van der Waals surface area contributed by atoms with Gasteiger partial charge in [0, 0.05) is 29.4 Å². The molecule has 0 N–H and O–H groups in total. The molecule has 0 aliphatic carbocycles. The molecule has 0 amide bonds. The average Bonchev–Trinajstić information content (AvgIpc) is 2.73. The molecule has 232 valence electrons. The highest BCUT2D eigenvalue weighted by Gasteiger charge is 2.35. The molecule has 2 aromatic rings. The second-order valence-corrected chi connectivity index (χ2v) is 19.1. The van der Waals surface area contributed by atoms with Gasteiger partial charge < -0.3 is 9.05 Å². The van der Waals surface area contributed by atoms with Crippen molar-refractivity contribution in [3.8, 4) is 11.5 Å². The molecule has 2 rings (SSSR count). The van der Waals surface area contributed by atoms with Gasteiger partial charge in [0.25, 0.3) is 0 Å². The van der Waals surface area contributed by atoms with Crippen molar-refractivity contribution in [2.24, 2.45) is 0 Å². The van der Waals surface area contributed by atoms with Crippen LogP contribution < -0.4 is 9.05 Å². The van der Waals surface area contributed by atoms with Crippen LogP contribution in [0.2, 0.25) is 0 Å². The van der Waals surface area contributed by atoms with Crippen LogP contribution in [0.3, 0.4) is 0 Å². The fourth-order valence-electron chi connectivity index (χ4n) is 4.79. The summed E-state index contributed by atoms with van der Waals surface area (Å²) in [4.78, 5) is 0. The Morgan fingerprint density at radius 3 is 0.756 bits per heavy atom. The molecular weight excluding hydrogens is 523 g/mol. The normalized spacial score (nSPS) is 14.0. The van der Waals surface area contributed by atoms with Crippen molar-refractivity contribution < 1.29 is 13.6 Å². The van der Waals surface area contributed by atoms with Crippen LogP contribution in [0.1, 0.15) is 158 Å². The van der Waals surface area contributed by atoms with E-state index >= 15 is 0 Å². The van der Waals surface area contributed by atoms with E-state index in [-0.39, 0.29) is 32.5 Å². The lowest BCUT2D eigenvalue weighted by Crippen LogP contribution is -2.24. The number of benzene rings is 2. The predicted octanol–water partition coefficient (Wildman–Crippen LogP) is 11.8. The van der Waals surface area contributed by atoms with E-state index in [0.717, 1.165) is 11.5 Å². The molecule has 0 saturated heterocycles. The van der Waals surface area contributed by atoms with Crippen molar-refractivity contribution in [1.82, 2.24) is 0 Å². The minimum absolute atomic E-state index is 0.0129. The van der Waals surface area contributed by atoms with E-state index in [2.05, 4.69) is 149 Å². The Morgan fingerprint density at radius 1 is 0.390 bits per heavy atom. The summed E-state index contributed by atoms with van der Waals surface area (Å²) in [7, 11) is -0.0457. The Bertz CT molecular complexity index is 1050. The topological polar surface area (TPSA) is 27.7 Å². The maximum Gasteiger partial charge on any atom is 0.462 e. The smallest absolute Gasteiger partial charge is 0.417 e. The lowest BCUT2D eigenvalue weighted by atomic mass is 9.75. The molecule has 0 atom stereocenters. The summed E-state index contributed by atoms with van der Waals surface area (Å²) in [6, 6.07) is 9.31. The maximum atomic E-state index is 6.90. The first-order valence-electron chi connectivity index (χ1n) is 15.2. The summed E-state index contributed by atoms with van der Waals surface area (Å²) in [5.74, 6) is 1.76. The Kier molecular flexibility index (Phi) is 9.99. The van der Waals surface area contributed by atoms with Crippen LogP contribution in [-0.2, 0) is 37.0 Å². The predicted molar refractivity (Wildman–Crippen MR) is 180 cm³/mol. The van der Waals surface area contributed by atoms with Gasteiger partial charge in [0.05, 0.1) is 0 Å². The first-order chi connectivity index (χ1) is 18.1. The van der Waals surface area contributed by atoms with Crippen molar-refractivity contribution >= 4 is 8.60 Å². The van der Waals surface area contributed by atoms with Gasteiger partial charge in [-0.2, -0.15) is 0 Å². The van der Waals surface area contributed by atoms with Gasteiger partial charge in [-0.05, 0) is 43.6 Å². The highest BCUT2D eigenvalue weighted by molar-refractivity contribution is 7.42. The molecule has 0 radical (unpaired) electrons. The van der Waals surface area contributed by atoms with Gasteiger partial charge in [-0.1, -0.05) is 149 Å². The first-order valence-corrected chi connectivity index (χ1v) is 16.3. The third kappa shape index (κ3) is 8.73. The van der Waals surface area contributed by atoms with Crippen LogP contribution >= 0.6 is 8.60 Å². The average molecular weight is 585 g/mol. The van der Waals surface area contributed by atoms with Crippen LogP contribution in [0, 0.1) is 0 Å². The minimum Gasteiger partial charge on any atom is -0.417 e. The molecule has 0 saturated carbocycles. The molecule has 0 aliphatic heterocycles. The molecule has 0 aromatic heterocycles. The molecule has 0 unspecified atom stereocenters. The Labute approximate surface area is 255 Å². The van der Waals surface area contributed by atoms with E-state index in [1.165, 1.54) is 33.4 Å². The van der Waals surface area contributed by atoms with Crippen LogP contribution in [0.15, 0.2) is 24.3 Å². The fourth-order valence-corrected chi connectivity index (χ4v) is 5.67. The summed E-state index contributed by atoms with van der Waals surface area (Å²) in [6.07, 6.45) is 0. The van der Waals surface area contributed by atoms with Crippen LogP contribution in [0.4, 0.5) is 0 Å². The molecule has 4 heteroatoms. The zero-order valence-electron chi connectivity index (χ0n) is 30.0. The third-order valence-electron chi connectivity index (χ3n) is 7.62. The van der Waals surface area contributed by atoms with E-state index in [1.54, 1.807) is 7.11 Å². The lowest BCUT2D eigenvalue weighted by molar-refractivity contribution is 0.311. The Hall–Kier alpha value is -1.57. The quantitative estimate of drug-likeness (QED) is 0.327. The van der Waals surface area contributed by atoms with E-state index in [9.17, 15) is 0 Å². The minimum atomic E-state index is -1.74. The molecule has 41 heavy (non-hydrogen) atoms. The van der Waals surface area contributed by atoms with Crippen molar-refractivity contribution in [1.29, 1.82) is 0 Å². The van der Waals surface area contributed by atoms with Gasteiger partial charge in [0.15, 0.2) is 0 Å². The van der Waals surface area contributed by atoms with Crippen LogP contribution in [0.25, 0.3) is 0 Å². The van der Waals surface area contributed by atoms with Crippen molar-refractivity contribution in [3.05, 3.63) is 57.6 Å². The summed E-state index contributed by atoms with van der Waals surface area (Å²) < 4.78 is 19.9. The standard InChI is InChI=1S/C37H61O3P/c1-32(2,3)24-20-26(34(7,8)9)30(27(21-24)35(10,11)12)39-41(38-19)40-31-28(36(13,14)15)22-25(33(4,5)6)23-29(31)37(16,17)18/h20-23H,1-19H3. The SMILES string of the molecule is COP(Oc1c(C(C)(C)C)cc(C(C)(C)C)cc1C(C)(C)C)Oc1c(C(C)(C)C)cc(C(C)(C)C)cc1C(C)(C)C. The Balaban J connectivity index is 2.86. The number of rotatable bonds is 5. The van der Waals surface area contributed by atoms with Crippen molar-refractivity contribution in [2.45, 2.75) is 157 Å². The monoisotopic (exact) mass is 584 g/mol.